The summed E-state index contributed by atoms with van der Waals surface area (Å²) in [7, 11) is 3.44. The Morgan fingerprint density at radius 1 is 1.24 bits per heavy atom. The summed E-state index contributed by atoms with van der Waals surface area (Å²) in [6, 6.07) is 13.6. The fourth-order valence-electron chi connectivity index (χ4n) is 4.73. The number of carbonyl (C=O) groups excluding carboxylic acids is 1. The molecule has 2 heterocycles. The number of carbonyl (C=O) groups is 1. The van der Waals surface area contributed by atoms with E-state index in [1.54, 1.807) is 13.0 Å². The molecule has 1 N–H and O–H groups in total. The monoisotopic (exact) mass is 447 g/mol. The molecule has 33 heavy (non-hydrogen) atoms. The van der Waals surface area contributed by atoms with Crippen LogP contribution in [-0.4, -0.2) is 41.1 Å². The third-order valence-corrected chi connectivity index (χ3v) is 6.50. The highest BCUT2D eigenvalue weighted by atomic mass is 16.6. The molecule has 0 saturated heterocycles. The van der Waals surface area contributed by atoms with E-state index in [1.165, 1.54) is 14.0 Å². The van der Waals surface area contributed by atoms with Gasteiger partial charge in [0.05, 0.1) is 23.5 Å². The lowest BCUT2D eigenvalue weighted by Crippen LogP contribution is -2.46. The minimum atomic E-state index is -1.41. The summed E-state index contributed by atoms with van der Waals surface area (Å²) in [4.78, 5) is 24.9. The van der Waals surface area contributed by atoms with Gasteiger partial charge in [-0.2, -0.15) is 0 Å². The number of aryl methyl sites for hydroxylation is 1. The van der Waals surface area contributed by atoms with Crippen LogP contribution in [0.25, 0.3) is 32.6 Å². The molecular weight excluding hydrogens is 422 g/mol. The van der Waals surface area contributed by atoms with Gasteiger partial charge in [-0.1, -0.05) is 24.3 Å². The highest BCUT2D eigenvalue weighted by Crippen LogP contribution is 2.42. The molecule has 5 rings (SSSR count). The maximum atomic E-state index is 13.7. The molecule has 0 bridgehead atoms. The van der Waals surface area contributed by atoms with Crippen molar-refractivity contribution in [2.45, 2.75) is 32.0 Å². The summed E-state index contributed by atoms with van der Waals surface area (Å²) >= 11 is 0. The number of ether oxygens (including phenoxy) is 3. The van der Waals surface area contributed by atoms with Gasteiger partial charge in [0.2, 0.25) is 5.43 Å². The number of fused-ring (bicyclic) bond motifs is 5. The number of pyridine rings is 1. The number of aliphatic hydroxyl groups is 1. The minimum absolute atomic E-state index is 0.112. The molecule has 1 aliphatic heterocycles. The second kappa shape index (κ2) is 7.49. The Bertz CT molecular complexity index is 1500. The number of hydrogen-bond acceptors (Lipinski definition) is 6. The lowest BCUT2D eigenvalue weighted by atomic mass is 9.94. The Balaban J connectivity index is 1.75. The van der Waals surface area contributed by atoms with E-state index in [9.17, 15) is 14.7 Å². The molecule has 0 radical (unpaired) electrons. The molecule has 0 saturated carbocycles. The van der Waals surface area contributed by atoms with Gasteiger partial charge in [0, 0.05) is 37.4 Å². The zero-order valence-electron chi connectivity index (χ0n) is 19.0. The number of rotatable bonds is 4. The van der Waals surface area contributed by atoms with Crippen LogP contribution in [0.4, 0.5) is 0 Å². The van der Waals surface area contributed by atoms with Crippen LogP contribution in [0.1, 0.15) is 19.4 Å². The van der Waals surface area contributed by atoms with Crippen LogP contribution in [0.3, 0.4) is 0 Å². The molecule has 0 aliphatic carbocycles. The average Bonchev–Trinajstić information content (AvgIpc) is 3.24. The number of nitrogens with zero attached hydrogens (tertiary/aromatic N) is 1. The second-order valence-corrected chi connectivity index (χ2v) is 8.83. The van der Waals surface area contributed by atoms with Gasteiger partial charge in [-0.3, -0.25) is 9.59 Å². The van der Waals surface area contributed by atoms with Crippen molar-refractivity contribution in [1.82, 2.24) is 4.57 Å². The number of benzene rings is 3. The lowest BCUT2D eigenvalue weighted by molar-refractivity contribution is -0.153. The van der Waals surface area contributed by atoms with Crippen LogP contribution in [0, 0.1) is 0 Å². The van der Waals surface area contributed by atoms with Gasteiger partial charge in [0.25, 0.3) is 0 Å². The molecule has 0 fully saturated rings. The van der Waals surface area contributed by atoms with Crippen LogP contribution in [0.15, 0.2) is 47.3 Å². The van der Waals surface area contributed by atoms with Gasteiger partial charge >= 0.3 is 5.97 Å². The van der Waals surface area contributed by atoms with Crippen molar-refractivity contribution in [1.29, 1.82) is 0 Å². The Kier molecular flexibility index (Phi) is 4.83. The van der Waals surface area contributed by atoms with Crippen molar-refractivity contribution in [3.8, 4) is 11.5 Å². The quantitative estimate of drug-likeness (QED) is 0.381. The van der Waals surface area contributed by atoms with E-state index in [2.05, 4.69) is 0 Å². The number of methoxy groups -OCH3 is 1. The summed E-state index contributed by atoms with van der Waals surface area (Å²) < 4.78 is 18.7. The molecule has 7 heteroatoms. The van der Waals surface area contributed by atoms with Gasteiger partial charge < -0.3 is 23.9 Å². The second-order valence-electron chi connectivity index (χ2n) is 8.83. The maximum absolute atomic E-state index is 13.7. The Labute approximate surface area is 190 Å². The Morgan fingerprint density at radius 3 is 2.61 bits per heavy atom. The van der Waals surface area contributed by atoms with E-state index >= 15 is 0 Å². The molecule has 1 aromatic heterocycles. The van der Waals surface area contributed by atoms with E-state index < -0.39 is 17.7 Å². The van der Waals surface area contributed by atoms with Gasteiger partial charge in [-0.25, -0.2) is 0 Å². The van der Waals surface area contributed by atoms with E-state index in [-0.39, 0.29) is 12.0 Å². The van der Waals surface area contributed by atoms with Crippen LogP contribution < -0.4 is 14.9 Å². The first-order chi connectivity index (χ1) is 15.7. The first-order valence-electron chi connectivity index (χ1n) is 10.8. The molecule has 3 aromatic carbocycles. The average molecular weight is 447 g/mol. The van der Waals surface area contributed by atoms with E-state index in [0.717, 1.165) is 21.9 Å². The summed E-state index contributed by atoms with van der Waals surface area (Å²) in [6.45, 7) is 2.68. The van der Waals surface area contributed by atoms with Gasteiger partial charge in [-0.05, 0) is 29.8 Å². The van der Waals surface area contributed by atoms with Crippen LogP contribution in [0.2, 0.25) is 0 Å². The smallest absolute Gasteiger partial charge is 0.302 e. The normalized spacial score (nSPS) is 17.1. The van der Waals surface area contributed by atoms with Crippen molar-refractivity contribution in [2.75, 3.05) is 13.7 Å². The molecule has 0 spiro atoms. The zero-order valence-corrected chi connectivity index (χ0v) is 19.0. The minimum Gasteiger partial charge on any atom is -0.496 e. The lowest BCUT2D eigenvalue weighted by Gasteiger charge is -2.28. The zero-order chi connectivity index (χ0) is 23.5. The van der Waals surface area contributed by atoms with Crippen LogP contribution in [0.5, 0.6) is 11.5 Å². The molecule has 2 atom stereocenters. The predicted molar refractivity (Wildman–Crippen MR) is 126 cm³/mol. The van der Waals surface area contributed by atoms with Crippen molar-refractivity contribution >= 4 is 38.5 Å². The van der Waals surface area contributed by atoms with E-state index in [0.29, 0.717) is 34.2 Å². The topological polar surface area (TPSA) is 87.0 Å². The summed E-state index contributed by atoms with van der Waals surface area (Å²) in [5, 5.41) is 14.1. The number of aromatic nitrogens is 1. The molecule has 4 aromatic rings. The van der Waals surface area contributed by atoms with Gasteiger partial charge in [0.15, 0.2) is 0 Å². The summed E-state index contributed by atoms with van der Waals surface area (Å²) in [5.74, 6) is 0.487. The highest BCUT2D eigenvalue weighted by Gasteiger charge is 2.41. The standard InChI is InChI=1S/C26H25NO6/c1-14(28)32-13-26(2,30)22-11-18-20(33-22)12-21(31-4)23-24(18)27(3)19-10-16-8-6-5-7-15(16)9-17(19)25(23)29/h5-10,12,22,30H,11,13H2,1-4H3/t22-,26-/m1/s1. The molecule has 0 amide bonds. The highest BCUT2D eigenvalue weighted by molar-refractivity contribution is 6.04. The predicted octanol–water partition coefficient (Wildman–Crippen LogP) is 3.47. The third kappa shape index (κ3) is 3.31. The molecule has 7 nitrogen and oxygen atoms in total. The van der Waals surface area contributed by atoms with Gasteiger partial charge in [0.1, 0.15) is 29.8 Å². The molecule has 0 unspecified atom stereocenters. The Hall–Kier alpha value is -3.58. The number of esters is 1. The maximum Gasteiger partial charge on any atom is 0.302 e. The van der Waals surface area contributed by atoms with Crippen molar-refractivity contribution in [3.63, 3.8) is 0 Å². The SMILES string of the molecule is COc1cc2c(c3c1c(=O)c1cc4ccccc4cc1n3C)C[C@H]([C@](C)(O)COC(C)=O)O2. The fourth-order valence-corrected chi connectivity index (χ4v) is 4.73. The van der Waals surface area contributed by atoms with Crippen LogP contribution >= 0.6 is 0 Å². The van der Waals surface area contributed by atoms with E-state index in [4.69, 9.17) is 14.2 Å². The first kappa shape index (κ1) is 21.3. The van der Waals surface area contributed by atoms with Crippen molar-refractivity contribution in [2.24, 2.45) is 7.05 Å². The first-order valence-corrected chi connectivity index (χ1v) is 10.8. The van der Waals surface area contributed by atoms with Crippen molar-refractivity contribution < 1.29 is 24.1 Å². The largest absolute Gasteiger partial charge is 0.496 e. The third-order valence-electron chi connectivity index (χ3n) is 6.50. The van der Waals surface area contributed by atoms with Crippen LogP contribution in [-0.2, 0) is 23.0 Å². The van der Waals surface area contributed by atoms with Crippen molar-refractivity contribution in [3.05, 3.63) is 58.3 Å². The Morgan fingerprint density at radius 2 is 1.94 bits per heavy atom. The number of hydrogen-bond donors (Lipinski definition) is 1. The fraction of sp³-hybridized carbons (Fsp3) is 0.308. The molecule has 1 aliphatic rings. The summed E-state index contributed by atoms with van der Waals surface area (Å²) in [6.07, 6.45) is -0.291. The molecule has 170 valence electrons. The van der Waals surface area contributed by atoms with Gasteiger partial charge in [-0.15, -0.1) is 0 Å². The van der Waals surface area contributed by atoms with E-state index in [1.807, 2.05) is 48.0 Å². The summed E-state index contributed by atoms with van der Waals surface area (Å²) in [5.41, 5.74) is 0.808. The molecular formula is C26H25NO6.